The quantitative estimate of drug-likeness (QED) is 0.611. The van der Waals surface area contributed by atoms with E-state index in [1.165, 1.54) is 6.08 Å². The summed E-state index contributed by atoms with van der Waals surface area (Å²) in [6.45, 7) is 7.87. The molecule has 2 aromatic rings. The summed E-state index contributed by atoms with van der Waals surface area (Å²) in [6.07, 6.45) is 3.92. The molecule has 0 radical (unpaired) electrons. The highest BCUT2D eigenvalue weighted by Crippen LogP contribution is 2.35. The monoisotopic (exact) mass is 384 g/mol. The number of benzene rings is 1. The molecule has 1 aromatic heterocycles. The SMILES string of the molecule is CCOc1cc2c(cc1/C=C/C(=O)NNC(=O)c1cc(C)oc1C)OC(C)C2. The Hall–Kier alpha value is -3.22. The summed E-state index contributed by atoms with van der Waals surface area (Å²) in [6, 6.07) is 5.43. The second-order valence-electron chi connectivity index (χ2n) is 6.67. The van der Waals surface area contributed by atoms with Gasteiger partial charge in [-0.15, -0.1) is 0 Å². The van der Waals surface area contributed by atoms with Crippen molar-refractivity contribution in [1.82, 2.24) is 10.9 Å². The Bertz CT molecular complexity index is 929. The lowest BCUT2D eigenvalue weighted by atomic mass is 10.1. The number of amides is 2. The summed E-state index contributed by atoms with van der Waals surface area (Å²) in [7, 11) is 0. The van der Waals surface area contributed by atoms with Crippen molar-refractivity contribution in [2.24, 2.45) is 0 Å². The highest BCUT2D eigenvalue weighted by Gasteiger charge is 2.21. The third-order valence-electron chi connectivity index (χ3n) is 4.33. The van der Waals surface area contributed by atoms with Crippen molar-refractivity contribution >= 4 is 17.9 Å². The second kappa shape index (κ2) is 8.21. The summed E-state index contributed by atoms with van der Waals surface area (Å²) < 4.78 is 16.8. The number of ether oxygens (including phenoxy) is 2. The van der Waals surface area contributed by atoms with E-state index in [1.54, 1.807) is 26.0 Å². The number of hydrogen-bond acceptors (Lipinski definition) is 5. The molecule has 28 heavy (non-hydrogen) atoms. The predicted octanol–water partition coefficient (Wildman–Crippen LogP) is 3.09. The van der Waals surface area contributed by atoms with E-state index < -0.39 is 11.8 Å². The molecule has 0 saturated carbocycles. The molecule has 3 rings (SSSR count). The first kappa shape index (κ1) is 19.5. The summed E-state index contributed by atoms with van der Waals surface area (Å²) >= 11 is 0. The van der Waals surface area contributed by atoms with Crippen LogP contribution in [0.4, 0.5) is 0 Å². The Morgan fingerprint density at radius 2 is 2.04 bits per heavy atom. The molecule has 0 bridgehead atoms. The molecule has 0 fully saturated rings. The van der Waals surface area contributed by atoms with Crippen LogP contribution in [0.2, 0.25) is 0 Å². The van der Waals surface area contributed by atoms with Crippen LogP contribution in [0.5, 0.6) is 11.5 Å². The lowest BCUT2D eigenvalue weighted by molar-refractivity contribution is -0.117. The number of rotatable bonds is 5. The number of carbonyl (C=O) groups is 2. The Morgan fingerprint density at radius 1 is 1.25 bits per heavy atom. The maximum atomic E-state index is 12.1. The molecule has 1 aliphatic heterocycles. The largest absolute Gasteiger partial charge is 0.493 e. The molecular weight excluding hydrogens is 360 g/mol. The van der Waals surface area contributed by atoms with Gasteiger partial charge in [0.25, 0.3) is 11.8 Å². The second-order valence-corrected chi connectivity index (χ2v) is 6.67. The van der Waals surface area contributed by atoms with Crippen LogP contribution in [-0.2, 0) is 11.2 Å². The highest BCUT2D eigenvalue weighted by atomic mass is 16.5. The average Bonchev–Trinajstić information content (AvgIpc) is 3.17. The summed E-state index contributed by atoms with van der Waals surface area (Å²) in [5.74, 6) is 1.71. The number of hydrogen-bond donors (Lipinski definition) is 2. The Labute approximate surface area is 163 Å². The van der Waals surface area contributed by atoms with Crippen LogP contribution in [-0.4, -0.2) is 24.5 Å². The minimum absolute atomic E-state index is 0.122. The first-order valence-corrected chi connectivity index (χ1v) is 9.19. The minimum atomic E-state index is -0.469. The molecule has 2 N–H and O–H groups in total. The maximum Gasteiger partial charge on any atom is 0.273 e. The molecule has 1 aromatic carbocycles. The van der Waals surface area contributed by atoms with Crippen molar-refractivity contribution in [2.75, 3.05) is 6.61 Å². The molecule has 1 unspecified atom stereocenters. The molecule has 2 amide bonds. The van der Waals surface area contributed by atoms with Crippen LogP contribution >= 0.6 is 0 Å². The van der Waals surface area contributed by atoms with E-state index in [1.807, 2.05) is 26.0 Å². The third-order valence-corrected chi connectivity index (χ3v) is 4.33. The number of fused-ring (bicyclic) bond motifs is 1. The maximum absolute atomic E-state index is 12.1. The summed E-state index contributed by atoms with van der Waals surface area (Å²) in [4.78, 5) is 24.2. The van der Waals surface area contributed by atoms with Crippen LogP contribution in [0.25, 0.3) is 6.08 Å². The Kier molecular flexibility index (Phi) is 5.73. The predicted molar refractivity (Wildman–Crippen MR) is 104 cm³/mol. The van der Waals surface area contributed by atoms with Crippen LogP contribution < -0.4 is 20.3 Å². The van der Waals surface area contributed by atoms with E-state index in [0.29, 0.717) is 29.4 Å². The van der Waals surface area contributed by atoms with Crippen molar-refractivity contribution in [1.29, 1.82) is 0 Å². The van der Waals surface area contributed by atoms with Crippen LogP contribution in [0.3, 0.4) is 0 Å². The van der Waals surface area contributed by atoms with Gasteiger partial charge in [-0.25, -0.2) is 0 Å². The van der Waals surface area contributed by atoms with Gasteiger partial charge in [0.1, 0.15) is 29.1 Å². The zero-order valence-electron chi connectivity index (χ0n) is 16.4. The van der Waals surface area contributed by atoms with E-state index >= 15 is 0 Å². The van der Waals surface area contributed by atoms with Crippen molar-refractivity contribution in [3.8, 4) is 11.5 Å². The van der Waals surface area contributed by atoms with E-state index in [2.05, 4.69) is 10.9 Å². The molecule has 7 heteroatoms. The van der Waals surface area contributed by atoms with Gasteiger partial charge in [-0.1, -0.05) is 0 Å². The van der Waals surface area contributed by atoms with Gasteiger partial charge >= 0.3 is 0 Å². The normalized spacial score (nSPS) is 15.2. The first-order valence-electron chi connectivity index (χ1n) is 9.19. The molecule has 1 aliphatic rings. The van der Waals surface area contributed by atoms with Crippen molar-refractivity contribution in [3.63, 3.8) is 0 Å². The molecule has 0 spiro atoms. The van der Waals surface area contributed by atoms with Crippen LogP contribution in [0.1, 0.15) is 46.9 Å². The van der Waals surface area contributed by atoms with E-state index in [0.717, 1.165) is 23.3 Å². The van der Waals surface area contributed by atoms with Gasteiger partial charge in [-0.3, -0.25) is 20.4 Å². The molecule has 2 heterocycles. The van der Waals surface area contributed by atoms with Crippen molar-refractivity contribution in [3.05, 3.63) is 52.5 Å². The summed E-state index contributed by atoms with van der Waals surface area (Å²) in [5.41, 5.74) is 6.94. The van der Waals surface area contributed by atoms with Gasteiger partial charge in [0.15, 0.2) is 0 Å². The average molecular weight is 384 g/mol. The number of carbonyl (C=O) groups excluding carboxylic acids is 2. The Balaban J connectivity index is 1.66. The van der Waals surface area contributed by atoms with Crippen LogP contribution in [0, 0.1) is 13.8 Å². The highest BCUT2D eigenvalue weighted by molar-refractivity contribution is 5.98. The number of hydrazine groups is 1. The Morgan fingerprint density at radius 3 is 2.71 bits per heavy atom. The van der Waals surface area contributed by atoms with Gasteiger partial charge < -0.3 is 13.9 Å². The molecule has 1 atom stereocenters. The number of aryl methyl sites for hydroxylation is 2. The molecule has 7 nitrogen and oxygen atoms in total. The minimum Gasteiger partial charge on any atom is -0.493 e. The molecule has 0 aliphatic carbocycles. The smallest absolute Gasteiger partial charge is 0.273 e. The fourth-order valence-electron chi connectivity index (χ4n) is 3.11. The topological polar surface area (TPSA) is 89.8 Å². The van der Waals surface area contributed by atoms with Gasteiger partial charge in [0, 0.05) is 23.6 Å². The van der Waals surface area contributed by atoms with Gasteiger partial charge in [-0.05, 0) is 52.0 Å². The first-order chi connectivity index (χ1) is 13.4. The molecular formula is C21H24N2O5. The zero-order valence-corrected chi connectivity index (χ0v) is 16.4. The number of nitrogens with one attached hydrogen (secondary N) is 2. The third kappa shape index (κ3) is 4.36. The zero-order chi connectivity index (χ0) is 20.3. The van der Waals surface area contributed by atoms with Crippen molar-refractivity contribution < 1.29 is 23.5 Å². The number of furan rings is 1. The van der Waals surface area contributed by atoms with Gasteiger partial charge in [0.05, 0.1) is 12.2 Å². The standard InChI is InChI=1S/C21H24N2O5/c1-5-26-18-11-16-8-12(2)28-19(16)10-15(18)6-7-20(24)22-23-21(25)17-9-13(3)27-14(17)4/h6-7,9-12H,5,8H2,1-4H3,(H,22,24)(H,23,25)/b7-6+. The lowest BCUT2D eigenvalue weighted by Crippen LogP contribution is -2.40. The lowest BCUT2D eigenvalue weighted by Gasteiger charge is -2.10. The van der Waals surface area contributed by atoms with E-state index in [4.69, 9.17) is 13.9 Å². The van der Waals surface area contributed by atoms with Crippen molar-refractivity contribution in [2.45, 2.75) is 40.2 Å². The van der Waals surface area contributed by atoms with Crippen LogP contribution in [0.15, 0.2) is 28.7 Å². The van der Waals surface area contributed by atoms with Gasteiger partial charge in [-0.2, -0.15) is 0 Å². The molecule has 0 saturated heterocycles. The fourth-order valence-corrected chi connectivity index (χ4v) is 3.11. The summed E-state index contributed by atoms with van der Waals surface area (Å²) in [5, 5.41) is 0. The van der Waals surface area contributed by atoms with E-state index in [9.17, 15) is 9.59 Å². The molecule has 148 valence electrons. The van der Waals surface area contributed by atoms with Gasteiger partial charge in [0.2, 0.25) is 0 Å². The van der Waals surface area contributed by atoms with E-state index in [-0.39, 0.29) is 6.10 Å². The fraction of sp³-hybridized carbons (Fsp3) is 0.333.